The molecule has 0 spiro atoms. The van der Waals surface area contributed by atoms with Crippen LogP contribution in [0.1, 0.15) is 46.9 Å². The highest BCUT2D eigenvalue weighted by Gasteiger charge is 2.49. The summed E-state index contributed by atoms with van der Waals surface area (Å²) in [5.74, 6) is -3.76. The van der Waals surface area contributed by atoms with Crippen LogP contribution in [0.15, 0.2) is 35.5 Å². The maximum atomic E-state index is 13.3. The second kappa shape index (κ2) is 6.29. The Morgan fingerprint density at radius 1 is 1.04 bits per heavy atom. The lowest BCUT2D eigenvalue weighted by atomic mass is 10.1. The molecule has 4 amide bonds. The van der Waals surface area contributed by atoms with Crippen LogP contribution in [0.4, 0.5) is 0 Å². The fourth-order valence-electron chi connectivity index (χ4n) is 3.92. The first kappa shape index (κ1) is 17.9. The summed E-state index contributed by atoms with van der Waals surface area (Å²) in [6.45, 7) is 1.75. The molecule has 1 fully saturated rings. The molecule has 1 aromatic rings. The minimum atomic E-state index is -1.34. The van der Waals surface area contributed by atoms with E-state index in [1.807, 2.05) is 0 Å². The number of benzene rings is 1. The van der Waals surface area contributed by atoms with Gasteiger partial charge in [0.25, 0.3) is 17.7 Å². The van der Waals surface area contributed by atoms with Crippen molar-refractivity contribution in [2.45, 2.75) is 32.2 Å². The summed E-state index contributed by atoms with van der Waals surface area (Å²) in [5, 5.41) is 11.5. The van der Waals surface area contributed by atoms with Crippen LogP contribution < -0.4 is 0 Å². The molecule has 0 bridgehead atoms. The first-order valence-corrected chi connectivity index (χ1v) is 8.87. The lowest BCUT2D eigenvalue weighted by Crippen LogP contribution is -2.57. The van der Waals surface area contributed by atoms with Gasteiger partial charge >= 0.3 is 5.97 Å². The minimum Gasteiger partial charge on any atom is -0.477 e. The highest BCUT2D eigenvalue weighted by molar-refractivity contribution is 6.23. The molecule has 3 aliphatic rings. The third-order valence-corrected chi connectivity index (χ3v) is 5.31. The summed E-state index contributed by atoms with van der Waals surface area (Å²) in [6, 6.07) is 4.99. The number of amides is 4. The predicted octanol–water partition coefficient (Wildman–Crippen LogP) is 0.779. The number of carbonyl (C=O) groups is 5. The third-order valence-electron chi connectivity index (χ3n) is 5.31. The summed E-state index contributed by atoms with van der Waals surface area (Å²) in [7, 11) is 0. The van der Waals surface area contributed by atoms with Crippen LogP contribution in [-0.2, 0) is 14.4 Å². The number of imide groups is 1. The van der Waals surface area contributed by atoms with Gasteiger partial charge in [0, 0.05) is 13.0 Å². The van der Waals surface area contributed by atoms with E-state index in [1.54, 1.807) is 19.1 Å². The molecule has 0 aliphatic carbocycles. The van der Waals surface area contributed by atoms with Crippen molar-refractivity contribution in [2.24, 2.45) is 0 Å². The molecule has 0 aromatic heterocycles. The SMILES string of the molecule is CC1=C(C(=O)O)N2C(=O)C(N3C(=O)c4ccccc4C3=O)CCC(=O)N2CC1. The number of hydrazine groups is 1. The molecular weight excluding hydrogens is 366 g/mol. The predicted molar refractivity (Wildman–Crippen MR) is 93.5 cm³/mol. The van der Waals surface area contributed by atoms with Crippen molar-refractivity contribution in [2.75, 3.05) is 6.54 Å². The number of fused-ring (bicyclic) bond motifs is 2. The standard InChI is InChI=1S/C19H17N3O6/c1-10-8-9-20-14(23)7-6-13(18(26)22(20)15(10)19(27)28)21-16(24)11-4-2-3-5-12(11)17(21)25/h2-5,13H,6-9H2,1H3,(H,27,28). The van der Waals surface area contributed by atoms with Crippen LogP contribution in [-0.4, -0.2) is 62.2 Å². The van der Waals surface area contributed by atoms with Gasteiger partial charge in [-0.2, -0.15) is 0 Å². The van der Waals surface area contributed by atoms with Crippen LogP contribution in [0.3, 0.4) is 0 Å². The Kier molecular flexibility index (Phi) is 4.02. The number of hydrogen-bond donors (Lipinski definition) is 1. The van der Waals surface area contributed by atoms with Gasteiger partial charge in [-0.25, -0.2) is 14.8 Å². The van der Waals surface area contributed by atoms with Gasteiger partial charge in [-0.1, -0.05) is 12.1 Å². The largest absolute Gasteiger partial charge is 0.477 e. The Morgan fingerprint density at radius 3 is 2.21 bits per heavy atom. The summed E-state index contributed by atoms with van der Waals surface area (Å²) >= 11 is 0. The summed E-state index contributed by atoms with van der Waals surface area (Å²) < 4.78 is 0. The van der Waals surface area contributed by atoms with Crippen molar-refractivity contribution < 1.29 is 29.1 Å². The highest BCUT2D eigenvalue weighted by atomic mass is 16.4. The molecule has 0 radical (unpaired) electrons. The Balaban J connectivity index is 1.78. The molecule has 1 unspecified atom stereocenters. The van der Waals surface area contributed by atoms with Crippen molar-refractivity contribution in [1.29, 1.82) is 0 Å². The maximum absolute atomic E-state index is 13.3. The smallest absolute Gasteiger partial charge is 0.354 e. The van der Waals surface area contributed by atoms with Gasteiger partial charge in [0.1, 0.15) is 6.04 Å². The van der Waals surface area contributed by atoms with Gasteiger partial charge in [0.15, 0.2) is 5.70 Å². The van der Waals surface area contributed by atoms with E-state index in [4.69, 9.17) is 0 Å². The van der Waals surface area contributed by atoms with E-state index < -0.39 is 35.6 Å². The van der Waals surface area contributed by atoms with E-state index in [0.29, 0.717) is 12.0 Å². The van der Waals surface area contributed by atoms with E-state index in [1.165, 1.54) is 12.1 Å². The van der Waals surface area contributed by atoms with E-state index in [-0.39, 0.29) is 36.2 Å². The molecule has 3 aliphatic heterocycles. The van der Waals surface area contributed by atoms with Crippen LogP contribution in [0.5, 0.6) is 0 Å². The molecule has 1 N–H and O–H groups in total. The number of carbonyl (C=O) groups excluding carboxylic acids is 4. The second-order valence-corrected chi connectivity index (χ2v) is 6.93. The molecule has 4 rings (SSSR count). The number of aliphatic carboxylic acids is 1. The summed E-state index contributed by atoms with van der Waals surface area (Å²) in [5.41, 5.74) is 0.536. The van der Waals surface area contributed by atoms with Gasteiger partial charge < -0.3 is 5.11 Å². The lowest BCUT2D eigenvalue weighted by molar-refractivity contribution is -0.163. The topological polar surface area (TPSA) is 115 Å². The third kappa shape index (κ3) is 2.43. The number of rotatable bonds is 2. The Hall–Kier alpha value is -3.49. The number of carboxylic acid groups (broad SMARTS) is 1. The number of hydrogen-bond acceptors (Lipinski definition) is 5. The van der Waals surface area contributed by atoms with Gasteiger partial charge in [-0.15, -0.1) is 0 Å². The zero-order valence-corrected chi connectivity index (χ0v) is 15.0. The van der Waals surface area contributed by atoms with Crippen LogP contribution in [0.2, 0.25) is 0 Å². The summed E-state index contributed by atoms with van der Waals surface area (Å²) in [4.78, 5) is 64.1. The molecule has 1 saturated heterocycles. The number of nitrogens with zero attached hydrogens (tertiary/aromatic N) is 3. The Bertz CT molecular complexity index is 947. The van der Waals surface area contributed by atoms with Crippen molar-refractivity contribution in [3.05, 3.63) is 46.7 Å². The molecule has 1 aromatic carbocycles. The van der Waals surface area contributed by atoms with Crippen LogP contribution >= 0.6 is 0 Å². The van der Waals surface area contributed by atoms with E-state index in [9.17, 15) is 29.1 Å². The fourth-order valence-corrected chi connectivity index (χ4v) is 3.92. The van der Waals surface area contributed by atoms with Crippen LogP contribution in [0.25, 0.3) is 0 Å². The average molecular weight is 383 g/mol. The van der Waals surface area contributed by atoms with Crippen molar-refractivity contribution in [3.8, 4) is 0 Å². The molecule has 1 atom stereocenters. The molecule has 9 heteroatoms. The zero-order chi connectivity index (χ0) is 20.2. The monoisotopic (exact) mass is 383 g/mol. The first-order valence-electron chi connectivity index (χ1n) is 8.87. The fraction of sp³-hybridized carbons (Fsp3) is 0.316. The molecular formula is C19H17N3O6. The first-order chi connectivity index (χ1) is 13.3. The van der Waals surface area contributed by atoms with Crippen LogP contribution in [0, 0.1) is 0 Å². The summed E-state index contributed by atoms with van der Waals surface area (Å²) in [6.07, 6.45) is 0.198. The van der Waals surface area contributed by atoms with E-state index >= 15 is 0 Å². The molecule has 3 heterocycles. The molecule has 28 heavy (non-hydrogen) atoms. The Morgan fingerprint density at radius 2 is 1.64 bits per heavy atom. The molecule has 144 valence electrons. The normalized spacial score (nSPS) is 22.5. The molecule has 9 nitrogen and oxygen atoms in total. The number of carboxylic acids is 1. The second-order valence-electron chi connectivity index (χ2n) is 6.93. The van der Waals surface area contributed by atoms with Crippen molar-refractivity contribution in [1.82, 2.24) is 14.9 Å². The van der Waals surface area contributed by atoms with E-state index in [0.717, 1.165) is 14.9 Å². The zero-order valence-electron chi connectivity index (χ0n) is 15.0. The van der Waals surface area contributed by atoms with Gasteiger partial charge in [-0.3, -0.25) is 24.1 Å². The van der Waals surface area contributed by atoms with Gasteiger partial charge in [0.05, 0.1) is 11.1 Å². The van der Waals surface area contributed by atoms with Crippen molar-refractivity contribution in [3.63, 3.8) is 0 Å². The molecule has 0 saturated carbocycles. The lowest BCUT2D eigenvalue weighted by Gasteiger charge is -2.39. The maximum Gasteiger partial charge on any atom is 0.354 e. The Labute approximate surface area is 159 Å². The van der Waals surface area contributed by atoms with Gasteiger partial charge in [-0.05, 0) is 37.5 Å². The quantitative estimate of drug-likeness (QED) is 0.755. The average Bonchev–Trinajstić information content (AvgIpc) is 2.85. The highest BCUT2D eigenvalue weighted by Crippen LogP contribution is 2.32. The van der Waals surface area contributed by atoms with Gasteiger partial charge in [0.2, 0.25) is 5.91 Å². The minimum absolute atomic E-state index is 0.0535. The van der Waals surface area contributed by atoms with E-state index in [2.05, 4.69) is 0 Å². The van der Waals surface area contributed by atoms with Crippen molar-refractivity contribution >= 4 is 29.6 Å².